The topological polar surface area (TPSA) is 81.2 Å². The van der Waals surface area contributed by atoms with Crippen LogP contribution in [0.2, 0.25) is 0 Å². The summed E-state index contributed by atoms with van der Waals surface area (Å²) in [7, 11) is 0. The number of nitrogens with zero attached hydrogens (tertiary/aromatic N) is 2. The Morgan fingerprint density at radius 2 is 2.13 bits per heavy atom. The smallest absolute Gasteiger partial charge is 0.264 e. The Balaban J connectivity index is 1.46. The van der Waals surface area contributed by atoms with Gasteiger partial charge < -0.3 is 20.3 Å². The molecule has 160 valence electrons. The van der Waals surface area contributed by atoms with Gasteiger partial charge in [-0.25, -0.2) is 0 Å². The molecule has 7 heteroatoms. The summed E-state index contributed by atoms with van der Waals surface area (Å²) in [6.45, 7) is 6.28. The molecule has 3 N–H and O–H groups in total. The van der Waals surface area contributed by atoms with Crippen LogP contribution in [0.3, 0.4) is 0 Å². The number of benzene rings is 1. The van der Waals surface area contributed by atoms with Gasteiger partial charge in [-0.15, -0.1) is 11.3 Å². The highest BCUT2D eigenvalue weighted by Gasteiger charge is 2.39. The lowest BCUT2D eigenvalue weighted by Gasteiger charge is -2.33. The SMILES string of the molecule is Cc1cc2cc(Nc3ccnc4cc(C(=O)N5CCC[C@H]5C(C)(C)O)sc34)ccc2[nH]1. The average molecular weight is 435 g/mol. The first kappa shape index (κ1) is 20.0. The van der Waals surface area contributed by atoms with Gasteiger partial charge in [-0.05, 0) is 70.0 Å². The largest absolute Gasteiger partial charge is 0.388 e. The minimum absolute atomic E-state index is 0.0252. The first-order valence-electron chi connectivity index (χ1n) is 10.6. The molecular formula is C24H26N4O2S. The number of amides is 1. The molecule has 3 aromatic heterocycles. The standard InChI is InChI=1S/C24H26N4O2S/c1-14-11-15-12-16(6-7-17(15)26-14)27-18-8-9-25-19-13-20(31-22(18)19)23(29)28-10-4-5-21(28)24(2,3)30/h6-9,11-13,21,26,30H,4-5,10H2,1-3H3,(H,25,27)/t21-/m0/s1. The molecule has 5 rings (SSSR count). The first-order valence-corrected chi connectivity index (χ1v) is 11.4. The molecule has 0 radical (unpaired) electrons. The molecule has 0 spiro atoms. The number of hydrogen-bond donors (Lipinski definition) is 3. The molecule has 6 nitrogen and oxygen atoms in total. The van der Waals surface area contributed by atoms with Crippen LogP contribution in [0.15, 0.2) is 42.6 Å². The highest BCUT2D eigenvalue weighted by Crippen LogP contribution is 2.35. The molecule has 1 aliphatic heterocycles. The number of carbonyl (C=O) groups is 1. The Hall–Kier alpha value is -2.90. The highest BCUT2D eigenvalue weighted by atomic mass is 32.1. The zero-order valence-corrected chi connectivity index (χ0v) is 18.7. The van der Waals surface area contributed by atoms with E-state index in [0.717, 1.165) is 51.0 Å². The third-order valence-electron chi connectivity index (χ3n) is 5.99. The van der Waals surface area contributed by atoms with Crippen LogP contribution in [-0.4, -0.2) is 44.1 Å². The van der Waals surface area contributed by atoms with Crippen molar-refractivity contribution in [1.82, 2.24) is 14.9 Å². The second-order valence-corrected chi connectivity index (χ2v) is 9.93. The predicted molar refractivity (Wildman–Crippen MR) is 126 cm³/mol. The van der Waals surface area contributed by atoms with Crippen molar-refractivity contribution in [2.24, 2.45) is 0 Å². The molecule has 31 heavy (non-hydrogen) atoms. The van der Waals surface area contributed by atoms with Gasteiger partial charge in [0.25, 0.3) is 5.91 Å². The third kappa shape index (κ3) is 3.68. The molecule has 1 atom stereocenters. The second-order valence-electron chi connectivity index (χ2n) is 8.87. The van der Waals surface area contributed by atoms with Crippen molar-refractivity contribution < 1.29 is 9.90 Å². The fourth-order valence-corrected chi connectivity index (χ4v) is 5.58. The van der Waals surface area contributed by atoms with Gasteiger partial charge in [-0.1, -0.05) is 0 Å². The third-order valence-corrected chi connectivity index (χ3v) is 7.13. The van der Waals surface area contributed by atoms with E-state index in [9.17, 15) is 9.90 Å². The van der Waals surface area contributed by atoms with Crippen LogP contribution in [-0.2, 0) is 0 Å². The summed E-state index contributed by atoms with van der Waals surface area (Å²) in [5, 5.41) is 15.1. The van der Waals surface area contributed by atoms with Gasteiger partial charge in [0.05, 0.1) is 32.4 Å². The van der Waals surface area contributed by atoms with Crippen LogP contribution in [0.4, 0.5) is 11.4 Å². The number of nitrogens with one attached hydrogen (secondary N) is 2. The number of thiophene rings is 1. The fraction of sp³-hybridized carbons (Fsp3) is 0.333. The summed E-state index contributed by atoms with van der Waals surface area (Å²) in [5.74, 6) is -0.0252. The molecule has 0 unspecified atom stereocenters. The molecule has 1 amide bonds. The van der Waals surface area contributed by atoms with Crippen LogP contribution in [0, 0.1) is 6.92 Å². The molecule has 4 aromatic rings. The highest BCUT2D eigenvalue weighted by molar-refractivity contribution is 7.21. The van der Waals surface area contributed by atoms with Crippen molar-refractivity contribution in [2.45, 2.75) is 45.3 Å². The van der Waals surface area contributed by atoms with E-state index in [1.807, 2.05) is 30.0 Å². The number of aryl methyl sites for hydroxylation is 1. The minimum Gasteiger partial charge on any atom is -0.388 e. The Labute approximate surface area is 184 Å². The van der Waals surface area contributed by atoms with E-state index in [1.54, 1.807) is 20.0 Å². The van der Waals surface area contributed by atoms with Crippen molar-refractivity contribution in [2.75, 3.05) is 11.9 Å². The number of anilines is 2. The lowest BCUT2D eigenvalue weighted by atomic mass is 9.96. The van der Waals surface area contributed by atoms with Gasteiger partial charge in [-0.2, -0.15) is 0 Å². The second kappa shape index (κ2) is 7.35. The monoisotopic (exact) mass is 434 g/mol. The molecule has 1 aromatic carbocycles. The van der Waals surface area contributed by atoms with Gasteiger partial charge >= 0.3 is 0 Å². The summed E-state index contributed by atoms with van der Waals surface area (Å²) in [4.78, 5) is 23.6. The zero-order valence-electron chi connectivity index (χ0n) is 17.9. The molecule has 1 fully saturated rings. The number of fused-ring (bicyclic) bond motifs is 2. The van der Waals surface area contributed by atoms with Crippen LogP contribution < -0.4 is 5.32 Å². The molecule has 0 aliphatic carbocycles. The molecule has 0 bridgehead atoms. The maximum absolute atomic E-state index is 13.3. The van der Waals surface area contributed by atoms with Gasteiger partial charge in [0, 0.05) is 35.0 Å². The van der Waals surface area contributed by atoms with E-state index in [2.05, 4.69) is 33.5 Å². The normalized spacial score (nSPS) is 17.0. The van der Waals surface area contributed by atoms with E-state index in [0.29, 0.717) is 11.4 Å². The van der Waals surface area contributed by atoms with Crippen molar-refractivity contribution in [3.8, 4) is 0 Å². The molecule has 1 aliphatic rings. The van der Waals surface area contributed by atoms with Crippen LogP contribution >= 0.6 is 11.3 Å². The molecular weight excluding hydrogens is 408 g/mol. The predicted octanol–water partition coefficient (Wildman–Crippen LogP) is 5.21. The van der Waals surface area contributed by atoms with Gasteiger partial charge in [0.1, 0.15) is 0 Å². The molecule has 4 heterocycles. The molecule has 1 saturated heterocycles. The number of aromatic nitrogens is 2. The Bertz CT molecular complexity index is 1280. The first-order chi connectivity index (χ1) is 14.8. The summed E-state index contributed by atoms with van der Waals surface area (Å²) >= 11 is 1.45. The Morgan fingerprint density at radius 3 is 2.94 bits per heavy atom. The Kier molecular flexibility index (Phi) is 4.75. The summed E-state index contributed by atoms with van der Waals surface area (Å²) in [5.41, 5.74) is 4.05. The van der Waals surface area contributed by atoms with Crippen molar-refractivity contribution in [3.63, 3.8) is 0 Å². The van der Waals surface area contributed by atoms with Crippen LogP contribution in [0.5, 0.6) is 0 Å². The number of H-pyrrole nitrogens is 1. The number of carbonyl (C=O) groups excluding carboxylic acids is 1. The van der Waals surface area contributed by atoms with Gasteiger partial charge in [0.15, 0.2) is 0 Å². The number of pyridine rings is 1. The number of likely N-dealkylation sites (tertiary alicyclic amines) is 1. The van der Waals surface area contributed by atoms with Crippen LogP contribution in [0.25, 0.3) is 21.1 Å². The van der Waals surface area contributed by atoms with Crippen molar-refractivity contribution in [1.29, 1.82) is 0 Å². The van der Waals surface area contributed by atoms with Crippen molar-refractivity contribution >= 4 is 49.7 Å². The zero-order chi connectivity index (χ0) is 21.8. The summed E-state index contributed by atoms with van der Waals surface area (Å²) in [6, 6.07) is 12.0. The quantitative estimate of drug-likeness (QED) is 0.412. The van der Waals surface area contributed by atoms with Crippen molar-refractivity contribution in [3.05, 3.63) is 53.2 Å². The number of aromatic amines is 1. The fourth-order valence-electron chi connectivity index (χ4n) is 4.54. The number of aliphatic hydroxyl groups is 1. The van der Waals surface area contributed by atoms with Crippen LogP contribution in [0.1, 0.15) is 42.1 Å². The maximum Gasteiger partial charge on any atom is 0.264 e. The average Bonchev–Trinajstić information content (AvgIpc) is 3.44. The maximum atomic E-state index is 13.3. The van der Waals surface area contributed by atoms with E-state index in [4.69, 9.17) is 0 Å². The summed E-state index contributed by atoms with van der Waals surface area (Å²) < 4.78 is 0.954. The van der Waals surface area contributed by atoms with Gasteiger partial charge in [0.2, 0.25) is 0 Å². The minimum atomic E-state index is -0.914. The number of hydrogen-bond acceptors (Lipinski definition) is 5. The van der Waals surface area contributed by atoms with E-state index in [-0.39, 0.29) is 11.9 Å². The molecule has 0 saturated carbocycles. The number of rotatable bonds is 4. The lowest BCUT2D eigenvalue weighted by Crippen LogP contribution is -2.48. The van der Waals surface area contributed by atoms with E-state index < -0.39 is 5.60 Å². The Morgan fingerprint density at radius 1 is 1.29 bits per heavy atom. The summed E-state index contributed by atoms with van der Waals surface area (Å²) in [6.07, 6.45) is 3.50. The van der Waals surface area contributed by atoms with E-state index >= 15 is 0 Å². The van der Waals surface area contributed by atoms with E-state index in [1.165, 1.54) is 11.3 Å². The van der Waals surface area contributed by atoms with Gasteiger partial charge in [-0.3, -0.25) is 9.78 Å². The lowest BCUT2D eigenvalue weighted by molar-refractivity contribution is 0.000524.